The number of nitrogens with one attached hydrogen (secondary N) is 1. The zero-order chi connectivity index (χ0) is 21.0. The van der Waals surface area contributed by atoms with E-state index >= 15 is 0 Å². The Balaban J connectivity index is 1.60. The van der Waals surface area contributed by atoms with Crippen molar-refractivity contribution in [3.8, 4) is 5.75 Å². The van der Waals surface area contributed by atoms with Crippen molar-refractivity contribution in [1.82, 2.24) is 15.2 Å². The molecule has 2 heterocycles. The van der Waals surface area contributed by atoms with Crippen LogP contribution in [0.15, 0.2) is 36.5 Å². The van der Waals surface area contributed by atoms with E-state index in [1.165, 1.54) is 0 Å². The molecule has 1 aromatic heterocycles. The third-order valence-corrected chi connectivity index (χ3v) is 5.06. The first kappa shape index (κ1) is 21.1. The number of carbonyl (C=O) groups excluding carboxylic acids is 1. The summed E-state index contributed by atoms with van der Waals surface area (Å²) in [6, 6.07) is 7.65. The van der Waals surface area contributed by atoms with Gasteiger partial charge in [0, 0.05) is 32.9 Å². The van der Waals surface area contributed by atoms with Crippen molar-refractivity contribution in [2.75, 3.05) is 20.1 Å². The molecule has 0 atom stereocenters. The molecule has 0 unspecified atom stereocenters. The van der Waals surface area contributed by atoms with Crippen LogP contribution in [0.1, 0.15) is 29.3 Å². The fourth-order valence-corrected chi connectivity index (χ4v) is 3.38. The molecule has 0 saturated carbocycles. The normalized spacial score (nSPS) is 15.1. The summed E-state index contributed by atoms with van der Waals surface area (Å²) in [6.07, 6.45) is -2.45. The van der Waals surface area contributed by atoms with E-state index in [4.69, 9.17) is 4.74 Å². The van der Waals surface area contributed by atoms with Crippen LogP contribution in [0.5, 0.6) is 5.75 Å². The molecule has 3 rings (SSSR count). The van der Waals surface area contributed by atoms with Gasteiger partial charge in [-0.05, 0) is 41.8 Å². The van der Waals surface area contributed by atoms with Gasteiger partial charge in [0.1, 0.15) is 12.4 Å². The van der Waals surface area contributed by atoms with Gasteiger partial charge in [0.2, 0.25) is 5.91 Å². The average molecular weight is 407 g/mol. The second kappa shape index (κ2) is 8.82. The van der Waals surface area contributed by atoms with Crippen LogP contribution < -0.4 is 10.1 Å². The highest BCUT2D eigenvalue weighted by atomic mass is 19.4. The van der Waals surface area contributed by atoms with Crippen LogP contribution in [0.25, 0.3) is 0 Å². The Morgan fingerprint density at radius 3 is 2.66 bits per heavy atom. The molecular weight excluding hydrogens is 383 g/mol. The number of hydrogen-bond acceptors (Lipinski definition) is 4. The molecule has 8 heteroatoms. The molecule has 1 saturated heterocycles. The summed E-state index contributed by atoms with van der Waals surface area (Å²) in [5.74, 6) is 0.716. The molecule has 1 aliphatic rings. The van der Waals surface area contributed by atoms with Gasteiger partial charge in [-0.3, -0.25) is 14.7 Å². The molecule has 1 aromatic carbocycles. The number of alkyl halides is 3. The number of likely N-dealkylation sites (tertiary alicyclic amines) is 1. The Morgan fingerprint density at radius 2 is 2.00 bits per heavy atom. The molecule has 2 aromatic rings. The van der Waals surface area contributed by atoms with E-state index in [-0.39, 0.29) is 24.1 Å². The van der Waals surface area contributed by atoms with Crippen LogP contribution >= 0.6 is 0 Å². The number of benzene rings is 1. The summed E-state index contributed by atoms with van der Waals surface area (Å²) in [6.45, 7) is 4.24. The van der Waals surface area contributed by atoms with Crippen LogP contribution in [0.3, 0.4) is 0 Å². The number of amides is 1. The zero-order valence-corrected chi connectivity index (χ0v) is 16.4. The van der Waals surface area contributed by atoms with E-state index in [1.807, 2.05) is 25.1 Å². The van der Waals surface area contributed by atoms with Gasteiger partial charge in [-0.15, -0.1) is 0 Å². The molecule has 0 bridgehead atoms. The highest BCUT2D eigenvalue weighted by Gasteiger charge is 2.32. The number of carbonyl (C=O) groups is 1. The number of ether oxygens (including phenoxy) is 1. The largest absolute Gasteiger partial charge is 0.487 e. The van der Waals surface area contributed by atoms with Crippen molar-refractivity contribution < 1.29 is 22.7 Å². The van der Waals surface area contributed by atoms with Crippen molar-refractivity contribution in [3.63, 3.8) is 0 Å². The van der Waals surface area contributed by atoms with Crippen LogP contribution in [0.4, 0.5) is 13.2 Å². The Bertz CT molecular complexity index is 864. The van der Waals surface area contributed by atoms with Crippen molar-refractivity contribution in [1.29, 1.82) is 0 Å². The van der Waals surface area contributed by atoms with Gasteiger partial charge in [-0.2, -0.15) is 13.2 Å². The lowest BCUT2D eigenvalue weighted by molar-refractivity contribution is -0.137. The standard InChI is InChI=1S/C21H24F3N3O2/c1-3-14-8-19(29-13-18-9-17(6-7-26-18)21(22,23)24)5-4-15(14)10-27-11-16(12-27)20(28)25-2/h4-9,16H,3,10-13H2,1-2H3,(H,25,28). The first-order valence-corrected chi connectivity index (χ1v) is 9.50. The van der Waals surface area contributed by atoms with Gasteiger partial charge < -0.3 is 10.1 Å². The number of rotatable bonds is 7. The van der Waals surface area contributed by atoms with Crippen molar-refractivity contribution in [2.24, 2.45) is 5.92 Å². The Hall–Kier alpha value is -2.61. The second-order valence-electron chi connectivity index (χ2n) is 7.11. The van der Waals surface area contributed by atoms with E-state index in [0.717, 1.165) is 55.5 Å². The summed E-state index contributed by atoms with van der Waals surface area (Å²) >= 11 is 0. The van der Waals surface area contributed by atoms with E-state index in [0.29, 0.717) is 5.75 Å². The highest BCUT2D eigenvalue weighted by molar-refractivity contribution is 5.79. The lowest BCUT2D eigenvalue weighted by Crippen LogP contribution is -2.52. The van der Waals surface area contributed by atoms with Crippen molar-refractivity contribution in [3.05, 3.63) is 58.9 Å². The molecule has 0 aliphatic carbocycles. The lowest BCUT2D eigenvalue weighted by atomic mass is 9.96. The fraction of sp³-hybridized carbons (Fsp3) is 0.429. The predicted molar refractivity (Wildman–Crippen MR) is 102 cm³/mol. The monoisotopic (exact) mass is 407 g/mol. The third kappa shape index (κ3) is 5.26. The molecule has 5 nitrogen and oxygen atoms in total. The van der Waals surface area contributed by atoms with Gasteiger partial charge in [-0.1, -0.05) is 13.0 Å². The summed E-state index contributed by atoms with van der Waals surface area (Å²) in [5, 5.41) is 2.67. The molecule has 0 radical (unpaired) electrons. The number of hydrogen-bond donors (Lipinski definition) is 1. The van der Waals surface area contributed by atoms with Crippen molar-refractivity contribution >= 4 is 5.91 Å². The minimum atomic E-state index is -4.40. The third-order valence-electron chi connectivity index (χ3n) is 5.06. The van der Waals surface area contributed by atoms with Gasteiger partial charge in [-0.25, -0.2) is 0 Å². The maximum absolute atomic E-state index is 12.8. The number of halogens is 3. The molecule has 1 amide bonds. The minimum absolute atomic E-state index is 0.0354. The Labute approximate surface area is 167 Å². The van der Waals surface area contributed by atoms with Crippen LogP contribution in [0, 0.1) is 5.92 Å². The Morgan fingerprint density at radius 1 is 1.24 bits per heavy atom. The minimum Gasteiger partial charge on any atom is -0.487 e. The molecule has 0 spiro atoms. The summed E-state index contributed by atoms with van der Waals surface area (Å²) in [7, 11) is 1.65. The van der Waals surface area contributed by atoms with E-state index in [2.05, 4.69) is 15.2 Å². The fourth-order valence-electron chi connectivity index (χ4n) is 3.38. The first-order valence-electron chi connectivity index (χ1n) is 9.50. The molecule has 29 heavy (non-hydrogen) atoms. The summed E-state index contributed by atoms with van der Waals surface area (Å²) in [5.41, 5.74) is 1.76. The zero-order valence-electron chi connectivity index (χ0n) is 16.4. The molecular formula is C21H24F3N3O2. The highest BCUT2D eigenvalue weighted by Crippen LogP contribution is 2.29. The van der Waals surface area contributed by atoms with E-state index in [9.17, 15) is 18.0 Å². The lowest BCUT2D eigenvalue weighted by Gasteiger charge is -2.38. The summed E-state index contributed by atoms with van der Waals surface area (Å²) < 4.78 is 44.1. The maximum Gasteiger partial charge on any atom is 0.416 e. The predicted octanol–water partition coefficient (Wildman–Crippen LogP) is 3.42. The Kier molecular flexibility index (Phi) is 6.42. The molecule has 156 valence electrons. The maximum atomic E-state index is 12.8. The number of aromatic nitrogens is 1. The smallest absolute Gasteiger partial charge is 0.416 e. The topological polar surface area (TPSA) is 54.5 Å². The number of aryl methyl sites for hydroxylation is 1. The van der Waals surface area contributed by atoms with Gasteiger partial charge in [0.25, 0.3) is 0 Å². The van der Waals surface area contributed by atoms with Gasteiger partial charge in [0.15, 0.2) is 0 Å². The van der Waals surface area contributed by atoms with Crippen LogP contribution in [0.2, 0.25) is 0 Å². The average Bonchev–Trinajstić information content (AvgIpc) is 2.68. The van der Waals surface area contributed by atoms with Gasteiger partial charge in [0.05, 0.1) is 17.2 Å². The molecule has 1 fully saturated rings. The first-order chi connectivity index (χ1) is 13.8. The van der Waals surface area contributed by atoms with Crippen LogP contribution in [-0.4, -0.2) is 35.9 Å². The van der Waals surface area contributed by atoms with Gasteiger partial charge >= 0.3 is 6.18 Å². The molecule has 1 aliphatic heterocycles. The number of pyridine rings is 1. The second-order valence-corrected chi connectivity index (χ2v) is 7.11. The van der Waals surface area contributed by atoms with E-state index in [1.54, 1.807) is 7.05 Å². The number of nitrogens with zero attached hydrogens (tertiary/aromatic N) is 2. The van der Waals surface area contributed by atoms with Crippen molar-refractivity contribution in [2.45, 2.75) is 32.7 Å². The SMILES string of the molecule is CCc1cc(OCc2cc(C(F)(F)F)ccn2)ccc1CN1CC(C(=O)NC)C1. The summed E-state index contributed by atoms with van der Waals surface area (Å²) in [4.78, 5) is 17.8. The van der Waals surface area contributed by atoms with E-state index < -0.39 is 11.7 Å². The van der Waals surface area contributed by atoms with Crippen LogP contribution in [-0.2, 0) is 30.5 Å². The molecule has 1 N–H and O–H groups in total. The quantitative estimate of drug-likeness (QED) is 0.764.